The molecule has 2 aliphatic heterocycles. The second-order valence-electron chi connectivity index (χ2n) is 5.97. The molecule has 0 amide bonds. The smallest absolute Gasteiger partial charge is 0.119 e. The molecule has 0 aromatic heterocycles. The molecule has 2 fully saturated rings. The van der Waals surface area contributed by atoms with E-state index in [-0.39, 0.29) is 0 Å². The van der Waals surface area contributed by atoms with Crippen LogP contribution in [-0.2, 0) is 0 Å². The fourth-order valence-electron chi connectivity index (χ4n) is 3.49. The molecule has 0 radical (unpaired) electrons. The standard InChI is InChI=1S/C19H21NOS2/c1-21-16-9-7-15(8-10-16)20-13-17(14-5-3-2-4-6-14)18(20)19-22-11-12-23-19/h2-10,17-19H,11-13H2,1H3/t17-,18-/m0/s1. The van der Waals surface area contributed by atoms with Crippen LogP contribution in [0.5, 0.6) is 5.75 Å². The summed E-state index contributed by atoms with van der Waals surface area (Å²) < 4.78 is 5.97. The van der Waals surface area contributed by atoms with E-state index in [1.807, 2.05) is 0 Å². The maximum Gasteiger partial charge on any atom is 0.119 e. The Balaban J connectivity index is 1.59. The number of anilines is 1. The van der Waals surface area contributed by atoms with Gasteiger partial charge in [-0.15, -0.1) is 23.5 Å². The van der Waals surface area contributed by atoms with Crippen LogP contribution >= 0.6 is 23.5 Å². The van der Waals surface area contributed by atoms with Crippen LogP contribution in [0.25, 0.3) is 0 Å². The molecule has 2 aromatic rings. The van der Waals surface area contributed by atoms with Crippen molar-refractivity contribution in [2.24, 2.45) is 0 Å². The Morgan fingerprint density at radius 2 is 1.65 bits per heavy atom. The number of benzene rings is 2. The molecule has 0 bridgehead atoms. The van der Waals surface area contributed by atoms with Crippen LogP contribution < -0.4 is 9.64 Å². The van der Waals surface area contributed by atoms with E-state index in [1.54, 1.807) is 7.11 Å². The van der Waals surface area contributed by atoms with Crippen molar-refractivity contribution in [1.29, 1.82) is 0 Å². The molecule has 0 saturated carbocycles. The summed E-state index contributed by atoms with van der Waals surface area (Å²) in [6.07, 6.45) is 0. The Hall–Kier alpha value is -1.26. The third-order valence-corrected chi connectivity index (χ3v) is 7.89. The van der Waals surface area contributed by atoms with Crippen molar-refractivity contribution in [3.63, 3.8) is 0 Å². The summed E-state index contributed by atoms with van der Waals surface area (Å²) in [5.74, 6) is 4.13. The molecule has 0 spiro atoms. The SMILES string of the molecule is COc1ccc(N2C[C@@H](c3ccccc3)[C@H]2C2SCCS2)cc1. The number of ether oxygens (including phenoxy) is 1. The van der Waals surface area contributed by atoms with E-state index in [9.17, 15) is 0 Å². The van der Waals surface area contributed by atoms with E-state index in [4.69, 9.17) is 4.74 Å². The molecule has 2 saturated heterocycles. The third-order valence-electron chi connectivity index (χ3n) is 4.72. The van der Waals surface area contributed by atoms with Crippen molar-refractivity contribution >= 4 is 29.2 Å². The van der Waals surface area contributed by atoms with Crippen molar-refractivity contribution < 1.29 is 4.74 Å². The first kappa shape index (κ1) is 15.3. The average Bonchev–Trinajstić information content (AvgIpc) is 3.09. The van der Waals surface area contributed by atoms with E-state index < -0.39 is 0 Å². The van der Waals surface area contributed by atoms with Crippen LogP contribution in [-0.4, -0.2) is 35.8 Å². The molecule has 2 aromatic carbocycles. The second-order valence-corrected chi connectivity index (χ2v) is 8.77. The third kappa shape index (κ3) is 2.94. The van der Waals surface area contributed by atoms with Crippen LogP contribution in [0.15, 0.2) is 54.6 Å². The molecule has 0 unspecified atom stereocenters. The first-order chi connectivity index (χ1) is 11.4. The van der Waals surface area contributed by atoms with Gasteiger partial charge in [0, 0.05) is 29.7 Å². The minimum absolute atomic E-state index is 0.586. The van der Waals surface area contributed by atoms with E-state index in [0.717, 1.165) is 12.3 Å². The molecular weight excluding hydrogens is 322 g/mol. The van der Waals surface area contributed by atoms with Crippen LogP contribution in [0.2, 0.25) is 0 Å². The van der Waals surface area contributed by atoms with Gasteiger partial charge < -0.3 is 9.64 Å². The van der Waals surface area contributed by atoms with Crippen molar-refractivity contribution in [3.8, 4) is 5.75 Å². The number of thioether (sulfide) groups is 2. The normalized spacial score (nSPS) is 24.5. The molecule has 4 heteroatoms. The molecule has 2 heterocycles. The van der Waals surface area contributed by atoms with Gasteiger partial charge in [0.2, 0.25) is 0 Å². The van der Waals surface area contributed by atoms with Crippen LogP contribution in [0.1, 0.15) is 11.5 Å². The largest absolute Gasteiger partial charge is 0.497 e. The maximum absolute atomic E-state index is 5.29. The van der Waals surface area contributed by atoms with Gasteiger partial charge in [0.1, 0.15) is 5.75 Å². The van der Waals surface area contributed by atoms with Crippen molar-refractivity contribution in [2.75, 3.05) is 30.1 Å². The minimum atomic E-state index is 0.586. The Labute approximate surface area is 146 Å². The van der Waals surface area contributed by atoms with Gasteiger partial charge in [0.05, 0.1) is 17.7 Å². The van der Waals surface area contributed by atoms with Gasteiger partial charge in [-0.1, -0.05) is 30.3 Å². The summed E-state index contributed by atoms with van der Waals surface area (Å²) in [7, 11) is 1.72. The van der Waals surface area contributed by atoms with Gasteiger partial charge in [0.25, 0.3) is 0 Å². The van der Waals surface area contributed by atoms with Gasteiger partial charge in [-0.25, -0.2) is 0 Å². The van der Waals surface area contributed by atoms with Crippen molar-refractivity contribution in [2.45, 2.75) is 16.5 Å². The summed E-state index contributed by atoms with van der Waals surface area (Å²) in [4.78, 5) is 2.58. The predicted molar refractivity (Wildman–Crippen MR) is 102 cm³/mol. The zero-order valence-corrected chi connectivity index (χ0v) is 14.9. The fraction of sp³-hybridized carbons (Fsp3) is 0.368. The molecule has 2 aliphatic rings. The summed E-state index contributed by atoms with van der Waals surface area (Å²) in [5.41, 5.74) is 2.80. The maximum atomic E-state index is 5.29. The lowest BCUT2D eigenvalue weighted by Gasteiger charge is -2.52. The zero-order chi connectivity index (χ0) is 15.6. The Morgan fingerprint density at radius 3 is 2.30 bits per heavy atom. The molecule has 0 aliphatic carbocycles. The highest BCUT2D eigenvalue weighted by Gasteiger charge is 2.46. The highest BCUT2D eigenvalue weighted by Crippen LogP contribution is 2.48. The fourth-order valence-corrected chi connectivity index (χ4v) is 6.75. The predicted octanol–water partition coefficient (Wildman–Crippen LogP) is 4.47. The van der Waals surface area contributed by atoms with E-state index in [1.165, 1.54) is 22.8 Å². The van der Waals surface area contributed by atoms with Crippen molar-refractivity contribution in [3.05, 3.63) is 60.2 Å². The quantitative estimate of drug-likeness (QED) is 0.811. The molecular formula is C19H21NOS2. The average molecular weight is 344 g/mol. The first-order valence-electron chi connectivity index (χ1n) is 8.05. The van der Waals surface area contributed by atoms with Gasteiger partial charge >= 0.3 is 0 Å². The molecule has 2 atom stereocenters. The monoisotopic (exact) mass is 343 g/mol. The van der Waals surface area contributed by atoms with E-state index in [0.29, 0.717) is 16.5 Å². The molecule has 0 N–H and O–H groups in total. The number of rotatable bonds is 4. The van der Waals surface area contributed by atoms with Gasteiger partial charge in [-0.3, -0.25) is 0 Å². The topological polar surface area (TPSA) is 12.5 Å². The lowest BCUT2D eigenvalue weighted by molar-refractivity contribution is 0.401. The number of hydrogen-bond donors (Lipinski definition) is 0. The molecule has 23 heavy (non-hydrogen) atoms. The highest BCUT2D eigenvalue weighted by molar-refractivity contribution is 8.20. The van der Waals surface area contributed by atoms with Gasteiger partial charge in [0.15, 0.2) is 0 Å². The van der Waals surface area contributed by atoms with Gasteiger partial charge in [-0.2, -0.15) is 0 Å². The zero-order valence-electron chi connectivity index (χ0n) is 13.2. The molecule has 120 valence electrons. The molecule has 4 rings (SSSR count). The Bertz CT molecular complexity index is 640. The van der Waals surface area contributed by atoms with E-state index >= 15 is 0 Å². The first-order valence-corrected chi connectivity index (χ1v) is 10.2. The summed E-state index contributed by atoms with van der Waals surface area (Å²) in [6.45, 7) is 1.11. The second kappa shape index (κ2) is 6.70. The summed E-state index contributed by atoms with van der Waals surface area (Å²) >= 11 is 4.25. The number of hydrogen-bond acceptors (Lipinski definition) is 4. The van der Waals surface area contributed by atoms with Gasteiger partial charge in [-0.05, 0) is 29.8 Å². The molecule has 2 nitrogen and oxygen atoms in total. The highest BCUT2D eigenvalue weighted by atomic mass is 32.2. The number of nitrogens with zero attached hydrogens (tertiary/aromatic N) is 1. The lowest BCUT2D eigenvalue weighted by atomic mass is 9.83. The lowest BCUT2D eigenvalue weighted by Crippen LogP contribution is -2.58. The minimum Gasteiger partial charge on any atom is -0.497 e. The van der Waals surface area contributed by atoms with Crippen molar-refractivity contribution in [1.82, 2.24) is 0 Å². The Kier molecular flexibility index (Phi) is 4.45. The van der Waals surface area contributed by atoms with E-state index in [2.05, 4.69) is 83.0 Å². The summed E-state index contributed by atoms with van der Waals surface area (Å²) in [5, 5.41) is 0. The summed E-state index contributed by atoms with van der Waals surface area (Å²) in [6, 6.07) is 20.1. The van der Waals surface area contributed by atoms with Crippen LogP contribution in [0, 0.1) is 0 Å². The number of methoxy groups -OCH3 is 1. The van der Waals surface area contributed by atoms with Crippen LogP contribution in [0.4, 0.5) is 5.69 Å². The Morgan fingerprint density at radius 1 is 0.957 bits per heavy atom. The van der Waals surface area contributed by atoms with Crippen LogP contribution in [0.3, 0.4) is 0 Å².